The van der Waals surface area contributed by atoms with Crippen LogP contribution in [0.15, 0.2) is 46.9 Å². The molecule has 2 aromatic heterocycles. The molecule has 1 saturated heterocycles. The molecule has 2 aromatic carbocycles. The normalized spacial score (nSPS) is 16.2. The number of hydrogen-bond donors (Lipinski definition) is 1. The van der Waals surface area contributed by atoms with Gasteiger partial charge < -0.3 is 19.4 Å². The molecule has 3 heterocycles. The lowest BCUT2D eigenvalue weighted by Gasteiger charge is -2.22. The third-order valence-corrected chi connectivity index (χ3v) is 6.63. The molecule has 1 N–H and O–H groups in total. The standard InChI is InChI=1S/C23H21N3O4S/c1-13-14-7-5-10-17(29-2)20(14)30-19(13)22(28)26-12-6-9-16(26)21(27)25-23-24-15-8-3-4-11-18(15)31-23/h3-5,7-8,10-11,16H,6,9,12H2,1-2H3,(H,24,25,27). The van der Waals surface area contributed by atoms with E-state index in [2.05, 4.69) is 10.3 Å². The number of aromatic nitrogens is 1. The van der Waals surface area contributed by atoms with Gasteiger partial charge in [0.15, 0.2) is 22.2 Å². The number of anilines is 1. The van der Waals surface area contributed by atoms with Crippen molar-refractivity contribution in [2.45, 2.75) is 25.8 Å². The second kappa shape index (κ2) is 7.70. The van der Waals surface area contributed by atoms with Gasteiger partial charge in [0.05, 0.1) is 17.3 Å². The molecular weight excluding hydrogens is 414 g/mol. The highest BCUT2D eigenvalue weighted by Gasteiger charge is 2.37. The van der Waals surface area contributed by atoms with Crippen LogP contribution < -0.4 is 10.1 Å². The summed E-state index contributed by atoms with van der Waals surface area (Å²) in [7, 11) is 1.57. The van der Waals surface area contributed by atoms with E-state index in [9.17, 15) is 9.59 Å². The van der Waals surface area contributed by atoms with Crippen LogP contribution in [0.25, 0.3) is 21.2 Å². The number of furan rings is 1. The van der Waals surface area contributed by atoms with Crippen molar-refractivity contribution in [1.82, 2.24) is 9.88 Å². The molecular formula is C23H21N3O4S. The number of fused-ring (bicyclic) bond motifs is 2. The monoisotopic (exact) mass is 435 g/mol. The Morgan fingerprint density at radius 2 is 2.06 bits per heavy atom. The summed E-state index contributed by atoms with van der Waals surface area (Å²) in [5.74, 6) is 0.319. The lowest BCUT2D eigenvalue weighted by Crippen LogP contribution is -2.43. The predicted octanol–water partition coefficient (Wildman–Crippen LogP) is 4.60. The molecule has 0 bridgehead atoms. The molecule has 1 aliphatic heterocycles. The average molecular weight is 436 g/mol. The molecule has 1 unspecified atom stereocenters. The number of para-hydroxylation sites is 2. The number of benzene rings is 2. The smallest absolute Gasteiger partial charge is 0.290 e. The fourth-order valence-corrected chi connectivity index (χ4v) is 4.98. The number of rotatable bonds is 4. The second-order valence-corrected chi connectivity index (χ2v) is 8.56. The molecule has 1 aliphatic rings. The van der Waals surface area contributed by atoms with Crippen molar-refractivity contribution in [3.05, 3.63) is 53.8 Å². The van der Waals surface area contributed by atoms with Crippen LogP contribution in [0.2, 0.25) is 0 Å². The predicted molar refractivity (Wildman–Crippen MR) is 120 cm³/mol. The summed E-state index contributed by atoms with van der Waals surface area (Å²) in [5, 5.41) is 4.26. The fraction of sp³-hybridized carbons (Fsp3) is 0.261. The van der Waals surface area contributed by atoms with Gasteiger partial charge in [0.25, 0.3) is 5.91 Å². The summed E-state index contributed by atoms with van der Waals surface area (Å²) < 4.78 is 12.3. The summed E-state index contributed by atoms with van der Waals surface area (Å²) in [6.45, 7) is 2.36. The molecule has 1 fully saturated rings. The lowest BCUT2D eigenvalue weighted by molar-refractivity contribution is -0.119. The highest BCUT2D eigenvalue weighted by Crippen LogP contribution is 2.34. The van der Waals surface area contributed by atoms with Gasteiger partial charge in [-0.05, 0) is 38.0 Å². The summed E-state index contributed by atoms with van der Waals surface area (Å²) in [6.07, 6.45) is 1.36. The molecule has 5 rings (SSSR count). The zero-order valence-electron chi connectivity index (χ0n) is 17.2. The van der Waals surface area contributed by atoms with Gasteiger partial charge in [-0.15, -0.1) is 0 Å². The van der Waals surface area contributed by atoms with Crippen molar-refractivity contribution in [3.63, 3.8) is 0 Å². The minimum atomic E-state index is -0.561. The van der Waals surface area contributed by atoms with E-state index in [-0.39, 0.29) is 17.6 Å². The zero-order valence-corrected chi connectivity index (χ0v) is 18.0. The summed E-state index contributed by atoms with van der Waals surface area (Å²) in [6, 6.07) is 12.7. The van der Waals surface area contributed by atoms with E-state index in [4.69, 9.17) is 9.15 Å². The van der Waals surface area contributed by atoms with Crippen molar-refractivity contribution in [3.8, 4) is 5.75 Å². The quantitative estimate of drug-likeness (QED) is 0.506. The van der Waals surface area contributed by atoms with Gasteiger partial charge in [0.2, 0.25) is 5.91 Å². The zero-order chi connectivity index (χ0) is 21.5. The minimum absolute atomic E-state index is 0.226. The van der Waals surface area contributed by atoms with E-state index in [1.807, 2.05) is 43.3 Å². The molecule has 4 aromatic rings. The van der Waals surface area contributed by atoms with Crippen LogP contribution in [0.3, 0.4) is 0 Å². The molecule has 1 atom stereocenters. The summed E-state index contributed by atoms with van der Waals surface area (Å²) in [4.78, 5) is 32.4. The Morgan fingerprint density at radius 1 is 1.23 bits per heavy atom. The van der Waals surface area contributed by atoms with E-state index >= 15 is 0 Å². The Kier molecular flexibility index (Phi) is 4.86. The Balaban J connectivity index is 1.40. The number of carbonyl (C=O) groups excluding carboxylic acids is 2. The van der Waals surface area contributed by atoms with Gasteiger partial charge in [-0.1, -0.05) is 35.6 Å². The van der Waals surface area contributed by atoms with Gasteiger partial charge in [-0.2, -0.15) is 0 Å². The SMILES string of the molecule is COc1cccc2c(C)c(C(=O)N3CCCC3C(=O)Nc3nc4ccccc4s3)oc12. The largest absolute Gasteiger partial charge is 0.493 e. The van der Waals surface area contributed by atoms with Crippen LogP contribution in [0, 0.1) is 6.92 Å². The summed E-state index contributed by atoms with van der Waals surface area (Å²) in [5.41, 5.74) is 2.13. The molecule has 2 amide bonds. The third kappa shape index (κ3) is 3.33. The lowest BCUT2D eigenvalue weighted by atomic mass is 10.1. The third-order valence-electron chi connectivity index (χ3n) is 5.68. The number of ether oxygens (including phenoxy) is 1. The Labute approximate surface area is 182 Å². The van der Waals surface area contributed by atoms with Gasteiger partial charge >= 0.3 is 0 Å². The van der Waals surface area contributed by atoms with Crippen molar-refractivity contribution in [1.29, 1.82) is 0 Å². The van der Waals surface area contributed by atoms with E-state index in [1.54, 1.807) is 18.1 Å². The number of carbonyl (C=O) groups is 2. The van der Waals surface area contributed by atoms with E-state index in [0.29, 0.717) is 29.4 Å². The molecule has 8 heteroatoms. The fourth-order valence-electron chi connectivity index (χ4n) is 4.11. The molecule has 7 nitrogen and oxygen atoms in total. The molecule has 0 saturated carbocycles. The molecule has 31 heavy (non-hydrogen) atoms. The van der Waals surface area contributed by atoms with Gasteiger partial charge in [0, 0.05) is 17.5 Å². The number of nitrogens with zero attached hydrogens (tertiary/aromatic N) is 2. The number of methoxy groups -OCH3 is 1. The van der Waals surface area contributed by atoms with Crippen molar-refractivity contribution >= 4 is 49.5 Å². The average Bonchev–Trinajstić information content (AvgIpc) is 3.49. The topological polar surface area (TPSA) is 84.7 Å². The number of nitrogens with one attached hydrogen (secondary N) is 1. The van der Waals surface area contributed by atoms with Crippen LogP contribution >= 0.6 is 11.3 Å². The Bertz CT molecular complexity index is 1280. The van der Waals surface area contributed by atoms with Gasteiger partial charge in [0.1, 0.15) is 6.04 Å². The number of amides is 2. The van der Waals surface area contributed by atoms with E-state index < -0.39 is 6.04 Å². The first-order chi connectivity index (χ1) is 15.1. The van der Waals surface area contributed by atoms with Crippen molar-refractivity contribution in [2.75, 3.05) is 19.0 Å². The maximum absolute atomic E-state index is 13.3. The Hall–Kier alpha value is -3.39. The molecule has 0 spiro atoms. The number of thiazole rings is 1. The molecule has 158 valence electrons. The highest BCUT2D eigenvalue weighted by molar-refractivity contribution is 7.22. The molecule has 0 radical (unpaired) electrons. The summed E-state index contributed by atoms with van der Waals surface area (Å²) >= 11 is 1.42. The van der Waals surface area contributed by atoms with Gasteiger partial charge in [-0.25, -0.2) is 4.98 Å². The number of aryl methyl sites for hydroxylation is 1. The van der Waals surface area contributed by atoms with Crippen LogP contribution in [0.4, 0.5) is 5.13 Å². The van der Waals surface area contributed by atoms with Crippen molar-refractivity contribution < 1.29 is 18.7 Å². The van der Waals surface area contributed by atoms with E-state index in [1.165, 1.54) is 11.3 Å². The van der Waals surface area contributed by atoms with Crippen LogP contribution in [0.1, 0.15) is 29.0 Å². The maximum Gasteiger partial charge on any atom is 0.290 e. The van der Waals surface area contributed by atoms with Crippen molar-refractivity contribution in [2.24, 2.45) is 0 Å². The number of likely N-dealkylation sites (tertiary alicyclic amines) is 1. The van der Waals surface area contributed by atoms with Crippen LogP contribution in [0.5, 0.6) is 5.75 Å². The first-order valence-corrected chi connectivity index (χ1v) is 10.9. The second-order valence-electron chi connectivity index (χ2n) is 7.53. The number of hydrogen-bond acceptors (Lipinski definition) is 6. The van der Waals surface area contributed by atoms with Crippen LogP contribution in [-0.4, -0.2) is 41.4 Å². The first-order valence-electron chi connectivity index (χ1n) is 10.1. The van der Waals surface area contributed by atoms with Gasteiger partial charge in [-0.3, -0.25) is 9.59 Å². The Morgan fingerprint density at radius 3 is 2.87 bits per heavy atom. The van der Waals surface area contributed by atoms with Crippen LogP contribution in [-0.2, 0) is 4.79 Å². The first kappa shape index (κ1) is 19.6. The highest BCUT2D eigenvalue weighted by atomic mass is 32.1. The maximum atomic E-state index is 13.3. The minimum Gasteiger partial charge on any atom is -0.493 e. The molecule has 0 aliphatic carbocycles. The van der Waals surface area contributed by atoms with E-state index in [0.717, 1.165) is 27.6 Å².